The van der Waals surface area contributed by atoms with Crippen LogP contribution in [-0.2, 0) is 26.7 Å². The van der Waals surface area contributed by atoms with E-state index in [2.05, 4.69) is 0 Å². The Hall–Kier alpha value is 0.280. The third kappa shape index (κ3) is 5.24. The second-order valence-corrected chi connectivity index (χ2v) is 5.78. The summed E-state index contributed by atoms with van der Waals surface area (Å²) in [4.78, 5) is 0.139. The van der Waals surface area contributed by atoms with Crippen molar-refractivity contribution in [3.63, 3.8) is 0 Å². The van der Waals surface area contributed by atoms with Crippen LogP contribution in [-0.4, -0.2) is 23.4 Å². The number of sulfone groups is 1. The molecule has 1 unspecified atom stereocenters. The van der Waals surface area contributed by atoms with Crippen LogP contribution in [0, 0.1) is 0 Å². The Balaban J connectivity index is 0.00000196. The Kier molecular flexibility index (Phi) is 6.24. The maximum absolute atomic E-state index is 11.1. The molecule has 0 saturated carbocycles. The summed E-state index contributed by atoms with van der Waals surface area (Å²) in [6, 6.07) is 5.90. The minimum absolute atomic E-state index is 0. The van der Waals surface area contributed by atoms with Crippen LogP contribution in [0.1, 0.15) is 5.56 Å². The van der Waals surface area contributed by atoms with Crippen molar-refractivity contribution in [2.45, 2.75) is 10.6 Å². The maximum Gasteiger partial charge on any atom is 1.00 e. The van der Waals surface area contributed by atoms with Crippen molar-refractivity contribution in [3.8, 4) is 0 Å². The van der Waals surface area contributed by atoms with Crippen molar-refractivity contribution < 1.29 is 46.7 Å². The van der Waals surface area contributed by atoms with E-state index in [0.29, 0.717) is 5.56 Å². The molecular formula is C8H9NaO4S2. The van der Waals surface area contributed by atoms with Crippen molar-refractivity contribution >= 4 is 20.9 Å². The second kappa shape index (κ2) is 6.12. The summed E-state index contributed by atoms with van der Waals surface area (Å²) in [7, 11) is -3.26. The van der Waals surface area contributed by atoms with E-state index in [4.69, 9.17) is 0 Å². The van der Waals surface area contributed by atoms with E-state index in [1.807, 2.05) is 0 Å². The molecule has 1 atom stereocenters. The van der Waals surface area contributed by atoms with Crippen molar-refractivity contribution in [1.29, 1.82) is 0 Å². The molecule has 4 nitrogen and oxygen atoms in total. The van der Waals surface area contributed by atoms with Crippen LogP contribution in [0.25, 0.3) is 0 Å². The smallest absolute Gasteiger partial charge is 0.772 e. The molecule has 78 valence electrons. The van der Waals surface area contributed by atoms with Gasteiger partial charge in [-0.25, -0.2) is 8.42 Å². The fourth-order valence-corrected chi connectivity index (χ4v) is 2.14. The Bertz CT molecular complexity index is 455. The van der Waals surface area contributed by atoms with Gasteiger partial charge in [0.2, 0.25) is 0 Å². The average molecular weight is 256 g/mol. The summed E-state index contributed by atoms with van der Waals surface area (Å²) in [5.41, 5.74) is 0.473. The summed E-state index contributed by atoms with van der Waals surface area (Å²) in [6.07, 6.45) is 1.08. The van der Waals surface area contributed by atoms with E-state index in [0.717, 1.165) is 6.26 Å². The molecule has 15 heavy (non-hydrogen) atoms. The van der Waals surface area contributed by atoms with Crippen LogP contribution in [0.5, 0.6) is 0 Å². The van der Waals surface area contributed by atoms with Crippen LogP contribution >= 0.6 is 0 Å². The van der Waals surface area contributed by atoms with Crippen LogP contribution in [0.3, 0.4) is 0 Å². The molecule has 0 amide bonds. The van der Waals surface area contributed by atoms with Gasteiger partial charge in [0.05, 0.1) is 4.90 Å². The summed E-state index contributed by atoms with van der Waals surface area (Å²) in [5, 5.41) is 0. The van der Waals surface area contributed by atoms with Gasteiger partial charge in [0.15, 0.2) is 9.84 Å². The quantitative estimate of drug-likeness (QED) is 0.442. The average Bonchev–Trinajstić information content (AvgIpc) is 2.01. The van der Waals surface area contributed by atoms with Gasteiger partial charge in [-0.15, -0.1) is 0 Å². The molecule has 0 heterocycles. The molecule has 0 aromatic heterocycles. The second-order valence-electron chi connectivity index (χ2n) is 2.87. The van der Waals surface area contributed by atoms with E-state index in [1.54, 1.807) is 6.07 Å². The third-order valence-corrected chi connectivity index (χ3v) is 3.29. The molecule has 0 saturated heterocycles. The molecule has 0 spiro atoms. The van der Waals surface area contributed by atoms with Crippen LogP contribution in [0.15, 0.2) is 29.2 Å². The van der Waals surface area contributed by atoms with Gasteiger partial charge in [-0.1, -0.05) is 23.2 Å². The Morgan fingerprint density at radius 3 is 2.47 bits per heavy atom. The van der Waals surface area contributed by atoms with Crippen molar-refractivity contribution in [2.24, 2.45) is 0 Å². The molecule has 0 radical (unpaired) electrons. The standard InChI is InChI=1S/C8H10O4S2.Na/c1-14(11,12)8-4-2-3-7(5-8)6-13(9)10;/h2-5H,6H2,1H3,(H,9,10);/q;+1/p-1. The van der Waals surface area contributed by atoms with Gasteiger partial charge in [-0.3, -0.25) is 4.21 Å². The summed E-state index contributed by atoms with van der Waals surface area (Å²) < 4.78 is 43.0. The van der Waals surface area contributed by atoms with Crippen LogP contribution in [0.2, 0.25) is 0 Å². The van der Waals surface area contributed by atoms with E-state index in [9.17, 15) is 17.2 Å². The molecule has 1 rings (SSSR count). The minimum atomic E-state index is -3.26. The Morgan fingerprint density at radius 2 is 2.00 bits per heavy atom. The fraction of sp³-hybridized carbons (Fsp3) is 0.250. The van der Waals surface area contributed by atoms with Crippen LogP contribution in [0.4, 0.5) is 0 Å². The third-order valence-electron chi connectivity index (χ3n) is 1.61. The molecule has 1 aromatic rings. The molecule has 0 N–H and O–H groups in total. The first-order chi connectivity index (χ1) is 6.39. The zero-order chi connectivity index (χ0) is 10.8. The van der Waals surface area contributed by atoms with Crippen molar-refractivity contribution in [3.05, 3.63) is 29.8 Å². The molecule has 0 aliphatic heterocycles. The van der Waals surface area contributed by atoms with Gasteiger partial charge in [-0.05, 0) is 17.7 Å². The first-order valence-corrected chi connectivity index (χ1v) is 6.88. The van der Waals surface area contributed by atoms with E-state index in [1.165, 1.54) is 18.2 Å². The van der Waals surface area contributed by atoms with E-state index >= 15 is 0 Å². The van der Waals surface area contributed by atoms with Crippen molar-refractivity contribution in [2.75, 3.05) is 6.26 Å². The topological polar surface area (TPSA) is 74.3 Å². The minimum Gasteiger partial charge on any atom is -0.772 e. The summed E-state index contributed by atoms with van der Waals surface area (Å²) in [5.74, 6) is -0.163. The van der Waals surface area contributed by atoms with Gasteiger partial charge in [-0.2, -0.15) is 0 Å². The molecular weight excluding hydrogens is 247 g/mol. The number of hydrogen-bond donors (Lipinski definition) is 0. The van der Waals surface area contributed by atoms with Crippen molar-refractivity contribution in [1.82, 2.24) is 0 Å². The molecule has 1 aromatic carbocycles. The normalized spacial score (nSPS) is 12.9. The van der Waals surface area contributed by atoms with Crippen LogP contribution < -0.4 is 29.6 Å². The molecule has 7 heteroatoms. The van der Waals surface area contributed by atoms with Gasteiger partial charge < -0.3 is 4.55 Å². The maximum atomic E-state index is 11.1. The predicted octanol–water partition coefficient (Wildman–Crippen LogP) is -2.53. The SMILES string of the molecule is CS(=O)(=O)c1cccc(CS(=O)[O-])c1.[Na+]. The Morgan fingerprint density at radius 1 is 1.40 bits per heavy atom. The Labute approximate surface area is 114 Å². The number of rotatable bonds is 3. The largest absolute Gasteiger partial charge is 1.00 e. The zero-order valence-electron chi connectivity index (χ0n) is 8.47. The molecule has 0 fully saturated rings. The van der Waals surface area contributed by atoms with E-state index < -0.39 is 20.9 Å². The fourth-order valence-electron chi connectivity index (χ4n) is 1.00. The predicted molar refractivity (Wildman–Crippen MR) is 52.2 cm³/mol. The summed E-state index contributed by atoms with van der Waals surface area (Å²) in [6.45, 7) is 0. The number of benzene rings is 1. The first-order valence-electron chi connectivity index (χ1n) is 3.74. The van der Waals surface area contributed by atoms with E-state index in [-0.39, 0.29) is 40.2 Å². The number of hydrogen-bond acceptors (Lipinski definition) is 4. The monoisotopic (exact) mass is 256 g/mol. The van der Waals surface area contributed by atoms with Gasteiger partial charge in [0.1, 0.15) is 0 Å². The molecule has 0 aliphatic carbocycles. The molecule has 0 bridgehead atoms. The van der Waals surface area contributed by atoms with Gasteiger partial charge in [0, 0.05) is 12.0 Å². The van der Waals surface area contributed by atoms with Gasteiger partial charge >= 0.3 is 29.6 Å². The van der Waals surface area contributed by atoms with Gasteiger partial charge in [0.25, 0.3) is 0 Å². The molecule has 0 aliphatic rings. The zero-order valence-corrected chi connectivity index (χ0v) is 12.1. The summed E-state index contributed by atoms with van der Waals surface area (Å²) >= 11 is -2.20. The first kappa shape index (κ1) is 15.3.